The van der Waals surface area contributed by atoms with E-state index in [1.807, 2.05) is 4.72 Å². The first-order chi connectivity index (χ1) is 15.0. The third-order valence-electron chi connectivity index (χ3n) is 3.96. The second-order valence-electron chi connectivity index (χ2n) is 6.11. The monoisotopic (exact) mass is 481 g/mol. The fourth-order valence-corrected chi connectivity index (χ4v) is 3.71. The fourth-order valence-electron chi connectivity index (χ4n) is 2.49. The summed E-state index contributed by atoms with van der Waals surface area (Å²) >= 11 is 5.92. The summed E-state index contributed by atoms with van der Waals surface area (Å²) in [5.41, 5.74) is -1.19. The molecule has 3 rings (SSSR count). The van der Waals surface area contributed by atoms with Gasteiger partial charge in [0.25, 0.3) is 15.9 Å². The second-order valence-corrected chi connectivity index (χ2v) is 8.20. The average molecular weight is 482 g/mol. The number of aromatic nitrogens is 3. The molecule has 0 aliphatic heterocycles. The van der Waals surface area contributed by atoms with E-state index in [0.29, 0.717) is 12.3 Å². The van der Waals surface area contributed by atoms with E-state index < -0.39 is 32.7 Å². The number of nitriles is 1. The maximum Gasteiger partial charge on any atom is 0.417 e. The van der Waals surface area contributed by atoms with Gasteiger partial charge >= 0.3 is 6.18 Å². The van der Waals surface area contributed by atoms with Crippen LogP contribution in [0.3, 0.4) is 0 Å². The van der Waals surface area contributed by atoms with Crippen molar-refractivity contribution >= 4 is 33.6 Å². The third kappa shape index (κ3) is 4.96. The first-order valence-corrected chi connectivity index (χ1v) is 10.4. The highest BCUT2D eigenvalue weighted by atomic mass is 35.5. The molecule has 13 heteroatoms. The number of pyridine rings is 1. The number of nitrogens with zero attached hydrogens (tertiary/aromatic N) is 4. The van der Waals surface area contributed by atoms with Gasteiger partial charge in [-0.05, 0) is 24.3 Å². The van der Waals surface area contributed by atoms with Gasteiger partial charge in [-0.25, -0.2) is 22.8 Å². The number of amides is 1. The molecule has 32 heavy (non-hydrogen) atoms. The Labute approximate surface area is 184 Å². The topological polar surface area (TPSA) is 118 Å². The number of rotatable bonds is 5. The molecule has 0 atom stereocenters. The Morgan fingerprint density at radius 2 is 1.91 bits per heavy atom. The number of carbonyl (C=O) groups excluding carboxylic acids is 1. The van der Waals surface area contributed by atoms with Gasteiger partial charge in [-0.3, -0.25) is 4.79 Å². The lowest BCUT2D eigenvalue weighted by Gasteiger charge is -2.10. The minimum Gasteiger partial charge on any atom is -0.269 e. The molecule has 0 bridgehead atoms. The van der Waals surface area contributed by atoms with Crippen molar-refractivity contribution in [2.24, 2.45) is 0 Å². The minimum atomic E-state index is -4.66. The number of alkyl halides is 3. The van der Waals surface area contributed by atoms with Crippen molar-refractivity contribution in [3.05, 3.63) is 76.7 Å². The molecule has 2 aromatic heterocycles. The summed E-state index contributed by atoms with van der Waals surface area (Å²) in [5, 5.41) is 12.7. The van der Waals surface area contributed by atoms with Gasteiger partial charge in [0.1, 0.15) is 6.07 Å². The Morgan fingerprint density at radius 1 is 1.22 bits per heavy atom. The van der Waals surface area contributed by atoms with Crippen LogP contribution in [0.15, 0.2) is 59.8 Å². The van der Waals surface area contributed by atoms with Crippen LogP contribution in [0.25, 0.3) is 11.9 Å². The Bertz CT molecular complexity index is 1350. The molecule has 0 saturated carbocycles. The highest BCUT2D eigenvalue weighted by molar-refractivity contribution is 7.90. The highest BCUT2D eigenvalue weighted by Gasteiger charge is 2.32. The normalized spacial score (nSPS) is 12.0. The summed E-state index contributed by atoms with van der Waals surface area (Å²) in [6.07, 6.45) is -1.14. The number of hydrogen-bond acceptors (Lipinski definition) is 6. The molecule has 1 N–H and O–H groups in total. The summed E-state index contributed by atoms with van der Waals surface area (Å²) < 4.78 is 65.7. The quantitative estimate of drug-likeness (QED) is 0.558. The molecule has 8 nitrogen and oxygen atoms in total. The fraction of sp³-hybridized carbons (Fsp3) is 0.0526. The molecular formula is C19H11ClF3N5O3S. The summed E-state index contributed by atoms with van der Waals surface area (Å²) in [6, 6.07) is 9.59. The molecule has 164 valence electrons. The lowest BCUT2D eigenvalue weighted by atomic mass is 10.2. The first-order valence-electron chi connectivity index (χ1n) is 8.54. The van der Waals surface area contributed by atoms with Gasteiger partial charge in [-0.15, -0.1) is 0 Å². The van der Waals surface area contributed by atoms with Crippen LogP contribution in [0.5, 0.6) is 0 Å². The Kier molecular flexibility index (Phi) is 6.33. The van der Waals surface area contributed by atoms with Crippen LogP contribution < -0.4 is 4.72 Å². The highest BCUT2D eigenvalue weighted by Crippen LogP contribution is 2.32. The van der Waals surface area contributed by atoms with Crippen molar-refractivity contribution in [3.8, 4) is 11.9 Å². The lowest BCUT2D eigenvalue weighted by molar-refractivity contribution is -0.137. The predicted octanol–water partition coefficient (Wildman–Crippen LogP) is 3.33. The van der Waals surface area contributed by atoms with Gasteiger partial charge in [0.05, 0.1) is 32.9 Å². The van der Waals surface area contributed by atoms with E-state index >= 15 is 0 Å². The third-order valence-corrected chi connectivity index (χ3v) is 5.60. The van der Waals surface area contributed by atoms with Gasteiger partial charge in [0.15, 0.2) is 5.82 Å². The molecule has 1 amide bonds. The van der Waals surface area contributed by atoms with Crippen molar-refractivity contribution < 1.29 is 26.4 Å². The molecule has 0 unspecified atom stereocenters. The average Bonchev–Trinajstić information content (AvgIpc) is 3.14. The van der Waals surface area contributed by atoms with Gasteiger partial charge in [-0.1, -0.05) is 29.8 Å². The van der Waals surface area contributed by atoms with Crippen molar-refractivity contribution in [2.45, 2.75) is 11.1 Å². The number of halogens is 4. The molecular weight excluding hydrogens is 471 g/mol. The van der Waals surface area contributed by atoms with Gasteiger partial charge in [0.2, 0.25) is 0 Å². The Hall–Kier alpha value is -3.69. The zero-order valence-corrected chi connectivity index (χ0v) is 17.3. The van der Waals surface area contributed by atoms with Crippen LogP contribution in [0, 0.1) is 11.3 Å². The van der Waals surface area contributed by atoms with Crippen LogP contribution in [0.2, 0.25) is 5.02 Å². The van der Waals surface area contributed by atoms with E-state index in [9.17, 15) is 31.6 Å². The summed E-state index contributed by atoms with van der Waals surface area (Å²) in [4.78, 5) is 15.7. The van der Waals surface area contributed by atoms with Gasteiger partial charge in [-0.2, -0.15) is 23.5 Å². The maximum atomic E-state index is 12.8. The van der Waals surface area contributed by atoms with Crippen LogP contribution in [0.4, 0.5) is 13.2 Å². The predicted molar refractivity (Wildman–Crippen MR) is 107 cm³/mol. The Balaban J connectivity index is 1.92. The van der Waals surface area contributed by atoms with Crippen molar-refractivity contribution in [3.63, 3.8) is 0 Å². The second kappa shape index (κ2) is 8.81. The van der Waals surface area contributed by atoms with Crippen molar-refractivity contribution in [2.75, 3.05) is 0 Å². The zero-order chi connectivity index (χ0) is 23.5. The van der Waals surface area contributed by atoms with E-state index in [2.05, 4.69) is 10.1 Å². The van der Waals surface area contributed by atoms with E-state index in [0.717, 1.165) is 23.0 Å². The standard InChI is InChI=1S/C19H11ClF3N5O3S/c20-15-8-13(19(21,22)23)11-25-18(15)28-16(12(9-24)10-26-28)6-7-17(29)27-32(30,31)14-4-2-1-3-5-14/h1-8,10-11H,(H,27,29)/b7-6+. The SMILES string of the molecule is N#Cc1cnn(-c2ncc(C(F)(F)F)cc2Cl)c1/C=C/C(=O)NS(=O)(=O)c1ccccc1. The largest absolute Gasteiger partial charge is 0.417 e. The molecule has 0 radical (unpaired) electrons. The molecule has 0 aliphatic carbocycles. The number of benzene rings is 1. The number of nitrogens with one attached hydrogen (secondary N) is 1. The van der Waals surface area contributed by atoms with Crippen LogP contribution in [-0.2, 0) is 21.0 Å². The first kappa shape index (κ1) is 23.0. The summed E-state index contributed by atoms with van der Waals surface area (Å²) in [5.74, 6) is -1.25. The molecule has 3 aromatic rings. The Morgan fingerprint density at radius 3 is 2.50 bits per heavy atom. The van der Waals surface area contributed by atoms with Gasteiger partial charge in [0, 0.05) is 12.3 Å². The zero-order valence-electron chi connectivity index (χ0n) is 15.7. The molecule has 0 fully saturated rings. The van der Waals surface area contributed by atoms with Crippen LogP contribution in [-0.4, -0.2) is 29.1 Å². The molecule has 1 aromatic carbocycles. The molecule has 0 aliphatic rings. The number of hydrogen-bond donors (Lipinski definition) is 1. The number of sulfonamides is 1. The molecule has 0 spiro atoms. The van der Waals surface area contributed by atoms with E-state index in [1.54, 1.807) is 12.1 Å². The number of carbonyl (C=O) groups is 1. The molecule has 0 saturated heterocycles. The summed E-state index contributed by atoms with van der Waals surface area (Å²) in [6.45, 7) is 0. The van der Waals surface area contributed by atoms with Crippen LogP contribution >= 0.6 is 11.6 Å². The smallest absolute Gasteiger partial charge is 0.269 e. The van der Waals surface area contributed by atoms with Crippen molar-refractivity contribution in [1.82, 2.24) is 19.5 Å². The van der Waals surface area contributed by atoms with Crippen molar-refractivity contribution in [1.29, 1.82) is 5.26 Å². The lowest BCUT2D eigenvalue weighted by Crippen LogP contribution is -2.28. The summed E-state index contributed by atoms with van der Waals surface area (Å²) in [7, 11) is -4.13. The van der Waals surface area contributed by atoms with Gasteiger partial charge < -0.3 is 0 Å². The van der Waals surface area contributed by atoms with E-state index in [-0.39, 0.29) is 22.0 Å². The molecule has 2 heterocycles. The minimum absolute atomic E-state index is 0.0473. The van der Waals surface area contributed by atoms with E-state index in [1.165, 1.54) is 24.3 Å². The van der Waals surface area contributed by atoms with E-state index in [4.69, 9.17) is 11.6 Å². The maximum absolute atomic E-state index is 12.8. The van der Waals surface area contributed by atoms with Crippen LogP contribution in [0.1, 0.15) is 16.8 Å².